The fraction of sp³-hybridized carbons (Fsp3) is 0.786. The molecule has 1 aliphatic rings. The molecule has 0 bridgehead atoms. The molecule has 2 atom stereocenters. The number of imidazole rings is 1. The van der Waals surface area contributed by atoms with Gasteiger partial charge in [-0.2, -0.15) is 0 Å². The molecule has 108 valence electrons. The van der Waals surface area contributed by atoms with Crippen molar-refractivity contribution in [2.45, 2.75) is 52.1 Å². The first-order valence-corrected chi connectivity index (χ1v) is 8.84. The van der Waals surface area contributed by atoms with Gasteiger partial charge in [0.15, 0.2) is 0 Å². The minimum atomic E-state index is -0.713. The topological polar surface area (TPSA) is 46.9 Å². The van der Waals surface area contributed by atoms with Gasteiger partial charge in [-0.05, 0) is 13.3 Å². The first-order chi connectivity index (χ1) is 9.00. The summed E-state index contributed by atoms with van der Waals surface area (Å²) in [7, 11) is -0.713. The van der Waals surface area contributed by atoms with Crippen LogP contribution in [0.25, 0.3) is 0 Å². The van der Waals surface area contributed by atoms with Gasteiger partial charge in [-0.3, -0.25) is 4.21 Å². The first-order valence-electron chi connectivity index (χ1n) is 7.11. The second-order valence-electron chi connectivity index (χ2n) is 5.73. The maximum atomic E-state index is 11.3. The summed E-state index contributed by atoms with van der Waals surface area (Å²) in [6.07, 6.45) is 3.79. The number of aromatic nitrogens is 2. The van der Waals surface area contributed by atoms with Crippen LogP contribution in [0.5, 0.6) is 0 Å². The van der Waals surface area contributed by atoms with Crippen LogP contribution in [0.4, 0.5) is 0 Å². The molecule has 2 unspecified atom stereocenters. The monoisotopic (exact) mass is 283 g/mol. The Labute approximate surface area is 118 Å². The second-order valence-corrected chi connectivity index (χ2v) is 7.28. The van der Waals surface area contributed by atoms with Crippen LogP contribution >= 0.6 is 0 Å². The molecule has 0 fully saturated rings. The van der Waals surface area contributed by atoms with Crippen molar-refractivity contribution < 1.29 is 4.21 Å². The van der Waals surface area contributed by atoms with Crippen LogP contribution in [0.2, 0.25) is 0 Å². The molecule has 1 aromatic heterocycles. The lowest BCUT2D eigenvalue weighted by molar-refractivity contribution is 0.474. The van der Waals surface area contributed by atoms with E-state index >= 15 is 0 Å². The number of nitrogens with one attached hydrogen (secondary N) is 1. The van der Waals surface area contributed by atoms with E-state index < -0.39 is 10.8 Å². The van der Waals surface area contributed by atoms with E-state index in [2.05, 4.69) is 30.7 Å². The van der Waals surface area contributed by atoms with E-state index in [1.165, 1.54) is 17.2 Å². The first kappa shape index (κ1) is 14.7. The van der Waals surface area contributed by atoms with E-state index in [4.69, 9.17) is 4.98 Å². The van der Waals surface area contributed by atoms with E-state index in [1.807, 2.05) is 0 Å². The average molecular weight is 283 g/mol. The Morgan fingerprint density at radius 1 is 1.42 bits per heavy atom. The Morgan fingerprint density at radius 3 is 2.79 bits per heavy atom. The molecule has 0 saturated heterocycles. The number of nitrogens with zero attached hydrogens (tertiary/aromatic N) is 2. The van der Waals surface area contributed by atoms with Gasteiger partial charge in [0.2, 0.25) is 0 Å². The third kappa shape index (κ3) is 3.26. The van der Waals surface area contributed by atoms with E-state index in [1.54, 1.807) is 6.26 Å². The number of hydrogen-bond donors (Lipinski definition) is 1. The normalized spacial score (nSPS) is 18.4. The van der Waals surface area contributed by atoms with E-state index in [0.717, 1.165) is 31.7 Å². The highest BCUT2D eigenvalue weighted by Gasteiger charge is 2.24. The lowest BCUT2D eigenvalue weighted by Gasteiger charge is -2.22. The van der Waals surface area contributed by atoms with Crippen molar-refractivity contribution in [3.05, 3.63) is 17.2 Å². The summed E-state index contributed by atoms with van der Waals surface area (Å²) in [6.45, 7) is 8.53. The molecule has 2 heterocycles. The molecular weight excluding hydrogens is 258 g/mol. The minimum Gasteiger partial charge on any atom is -0.329 e. The van der Waals surface area contributed by atoms with Crippen molar-refractivity contribution in [2.75, 3.05) is 18.6 Å². The smallest absolute Gasteiger partial charge is 0.112 e. The van der Waals surface area contributed by atoms with Crippen LogP contribution in [0, 0.1) is 0 Å². The minimum absolute atomic E-state index is 0.385. The predicted molar refractivity (Wildman–Crippen MR) is 80.0 cm³/mol. The fourth-order valence-corrected chi connectivity index (χ4v) is 3.39. The van der Waals surface area contributed by atoms with Crippen molar-refractivity contribution >= 4 is 10.8 Å². The van der Waals surface area contributed by atoms with Gasteiger partial charge in [0.1, 0.15) is 5.82 Å². The molecule has 2 rings (SSSR count). The highest BCUT2D eigenvalue weighted by molar-refractivity contribution is 7.84. The highest BCUT2D eigenvalue weighted by Crippen LogP contribution is 2.27. The lowest BCUT2D eigenvalue weighted by atomic mass is 10.1. The third-order valence-electron chi connectivity index (χ3n) is 3.73. The molecule has 0 aliphatic carbocycles. The standard InChI is InChI=1S/C14H25N3OS/c1-10(2)14-16-12-9-15-7-5-13(12)17(14)11(3)6-8-19(4)18/h10-11,15H,5-9H2,1-4H3. The van der Waals surface area contributed by atoms with Crippen LogP contribution < -0.4 is 5.32 Å². The molecule has 0 spiro atoms. The largest absolute Gasteiger partial charge is 0.329 e. The van der Waals surface area contributed by atoms with Crippen LogP contribution in [0.15, 0.2) is 0 Å². The van der Waals surface area contributed by atoms with Gasteiger partial charge in [0, 0.05) is 60.0 Å². The van der Waals surface area contributed by atoms with Crippen LogP contribution in [0.3, 0.4) is 0 Å². The maximum absolute atomic E-state index is 11.3. The summed E-state index contributed by atoms with van der Waals surface area (Å²) < 4.78 is 13.7. The summed E-state index contributed by atoms with van der Waals surface area (Å²) >= 11 is 0. The molecule has 19 heavy (non-hydrogen) atoms. The molecule has 0 saturated carbocycles. The quantitative estimate of drug-likeness (QED) is 0.899. The SMILES string of the molecule is CC(C)c1nc2c(n1C(C)CCS(C)=O)CCNC2. The van der Waals surface area contributed by atoms with Crippen molar-refractivity contribution in [1.29, 1.82) is 0 Å². The van der Waals surface area contributed by atoms with Gasteiger partial charge >= 0.3 is 0 Å². The molecular formula is C14H25N3OS. The average Bonchev–Trinajstić information content (AvgIpc) is 2.75. The Morgan fingerprint density at radius 2 is 2.16 bits per heavy atom. The Bertz CT molecular complexity index is 468. The number of rotatable bonds is 5. The summed E-state index contributed by atoms with van der Waals surface area (Å²) in [4.78, 5) is 4.82. The van der Waals surface area contributed by atoms with Gasteiger partial charge < -0.3 is 9.88 Å². The molecule has 0 radical (unpaired) electrons. The van der Waals surface area contributed by atoms with Gasteiger partial charge in [0.25, 0.3) is 0 Å². The molecule has 1 aliphatic heterocycles. The molecule has 5 heteroatoms. The summed E-state index contributed by atoms with van der Waals surface area (Å²) in [6, 6.07) is 0.385. The van der Waals surface area contributed by atoms with Crippen molar-refractivity contribution in [3.63, 3.8) is 0 Å². The maximum Gasteiger partial charge on any atom is 0.112 e. The Balaban J connectivity index is 2.30. The lowest BCUT2D eigenvalue weighted by Crippen LogP contribution is -2.26. The summed E-state index contributed by atoms with van der Waals surface area (Å²) in [5, 5.41) is 3.39. The molecule has 1 N–H and O–H groups in total. The Hall–Kier alpha value is -0.680. The van der Waals surface area contributed by atoms with E-state index in [-0.39, 0.29) is 0 Å². The molecule has 0 aromatic carbocycles. The van der Waals surface area contributed by atoms with Gasteiger partial charge in [-0.1, -0.05) is 13.8 Å². The van der Waals surface area contributed by atoms with Gasteiger partial charge in [-0.15, -0.1) is 0 Å². The summed E-state index contributed by atoms with van der Waals surface area (Å²) in [5.41, 5.74) is 2.59. The predicted octanol–water partition coefficient (Wildman–Crippen LogP) is 1.98. The molecule has 4 nitrogen and oxygen atoms in total. The van der Waals surface area contributed by atoms with E-state index in [9.17, 15) is 4.21 Å². The summed E-state index contributed by atoms with van der Waals surface area (Å²) in [5.74, 6) is 2.38. The Kier molecular flexibility index (Phi) is 4.79. The van der Waals surface area contributed by atoms with Crippen LogP contribution in [-0.2, 0) is 23.8 Å². The van der Waals surface area contributed by atoms with Crippen LogP contribution in [0.1, 0.15) is 56.4 Å². The number of hydrogen-bond acceptors (Lipinski definition) is 3. The molecule has 1 aromatic rings. The van der Waals surface area contributed by atoms with Crippen molar-refractivity contribution in [1.82, 2.24) is 14.9 Å². The second kappa shape index (κ2) is 6.18. The van der Waals surface area contributed by atoms with Crippen molar-refractivity contribution in [2.24, 2.45) is 0 Å². The zero-order valence-corrected chi connectivity index (χ0v) is 13.2. The zero-order valence-electron chi connectivity index (χ0n) is 12.4. The van der Waals surface area contributed by atoms with Gasteiger partial charge in [0.05, 0.1) is 5.69 Å². The third-order valence-corrected chi connectivity index (χ3v) is 4.54. The zero-order chi connectivity index (χ0) is 14.0. The van der Waals surface area contributed by atoms with Crippen LogP contribution in [-0.4, -0.2) is 32.3 Å². The fourth-order valence-electron chi connectivity index (χ4n) is 2.72. The van der Waals surface area contributed by atoms with E-state index in [0.29, 0.717) is 12.0 Å². The number of fused-ring (bicyclic) bond motifs is 1. The van der Waals surface area contributed by atoms with Crippen molar-refractivity contribution in [3.8, 4) is 0 Å². The molecule has 0 amide bonds. The highest BCUT2D eigenvalue weighted by atomic mass is 32.2. The van der Waals surface area contributed by atoms with Gasteiger partial charge in [-0.25, -0.2) is 4.98 Å².